The van der Waals surface area contributed by atoms with Gasteiger partial charge in [-0.25, -0.2) is 4.79 Å². The van der Waals surface area contributed by atoms with Crippen molar-refractivity contribution >= 4 is 31.7 Å². The molecule has 0 amide bonds. The molecule has 1 saturated heterocycles. The van der Waals surface area contributed by atoms with Gasteiger partial charge in [0, 0.05) is 5.57 Å². The van der Waals surface area contributed by atoms with Crippen molar-refractivity contribution in [1.82, 2.24) is 0 Å². The molecule has 1 rings (SSSR count). The molecule has 5 nitrogen and oxygen atoms in total. The van der Waals surface area contributed by atoms with Gasteiger partial charge in [0.25, 0.3) is 0 Å². The van der Waals surface area contributed by atoms with Gasteiger partial charge in [-0.1, -0.05) is 13.2 Å². The summed E-state index contributed by atoms with van der Waals surface area (Å²) < 4.78 is 14.6. The molecule has 0 aromatic rings. The summed E-state index contributed by atoms with van der Waals surface area (Å²) in [5, 5.41) is 9.49. The van der Waals surface area contributed by atoms with Crippen LogP contribution >= 0.6 is 0 Å². The van der Waals surface area contributed by atoms with Gasteiger partial charge in [-0.2, -0.15) is 0 Å². The van der Waals surface area contributed by atoms with Crippen LogP contribution in [-0.2, 0) is 19.1 Å². The summed E-state index contributed by atoms with van der Waals surface area (Å²) in [7, 11) is 0. The van der Waals surface area contributed by atoms with Gasteiger partial charge >= 0.3 is 98.3 Å². The molecule has 0 radical (unpaired) electrons. The van der Waals surface area contributed by atoms with E-state index in [4.69, 9.17) is 9.47 Å². The molecule has 1 atom stereocenters. The van der Waals surface area contributed by atoms with Crippen LogP contribution in [0, 0.1) is 0 Å². The van der Waals surface area contributed by atoms with Crippen molar-refractivity contribution < 1.29 is 24.2 Å². The first kappa shape index (κ1) is 30.4. The normalized spacial score (nSPS) is 13.8. The number of epoxide rings is 1. The number of ether oxygens (including phenoxy) is 2. The predicted octanol–water partition coefficient (Wildman–Crippen LogP) is 4.70. The molecule has 0 aromatic heterocycles. The minimum absolute atomic E-state index is 0.0648. The van der Waals surface area contributed by atoms with Crippen LogP contribution in [0.5, 0.6) is 0 Å². The van der Waals surface area contributed by atoms with Crippen LogP contribution in [0.4, 0.5) is 0 Å². The van der Waals surface area contributed by atoms with Gasteiger partial charge in [0.05, 0.1) is 12.6 Å². The Morgan fingerprint density at radius 2 is 1.34 bits per heavy atom. The Morgan fingerprint density at radius 1 is 0.966 bits per heavy atom. The van der Waals surface area contributed by atoms with E-state index in [1.807, 2.05) is 0 Å². The zero-order valence-electron chi connectivity index (χ0n) is 19.3. The van der Waals surface area contributed by atoms with E-state index in [-0.39, 0.29) is 17.6 Å². The summed E-state index contributed by atoms with van der Waals surface area (Å²) in [6.45, 7) is 17.6. The first-order chi connectivity index (χ1) is 13.7. The summed E-state index contributed by atoms with van der Waals surface area (Å²) in [5.74, 6) is -1.52. The molecule has 0 N–H and O–H groups in total. The molecule has 0 bridgehead atoms. The minimum atomic E-state index is -1.19. The Labute approximate surface area is 185 Å². The van der Waals surface area contributed by atoms with Gasteiger partial charge in [0.2, 0.25) is 0 Å². The number of carboxylic acids is 1. The van der Waals surface area contributed by atoms with Crippen LogP contribution in [0.15, 0.2) is 24.3 Å². The van der Waals surface area contributed by atoms with E-state index in [0.29, 0.717) is 18.8 Å². The Kier molecular flexibility index (Phi) is 21.4. The molecular formula is C23H42O5Sn. The summed E-state index contributed by atoms with van der Waals surface area (Å²) >= 11 is -0.839. The maximum absolute atomic E-state index is 10.7. The van der Waals surface area contributed by atoms with E-state index in [1.54, 1.807) is 20.2 Å². The van der Waals surface area contributed by atoms with Gasteiger partial charge in [-0.15, -0.1) is 0 Å². The average Bonchev–Trinajstić information content (AvgIpc) is 3.50. The Balaban J connectivity index is 0. The molecular weight excluding hydrogens is 475 g/mol. The number of carbonyl (C=O) groups is 2. The molecule has 0 aromatic carbocycles. The zero-order valence-corrected chi connectivity index (χ0v) is 22.2. The van der Waals surface area contributed by atoms with Crippen molar-refractivity contribution in [3.8, 4) is 0 Å². The molecule has 0 spiro atoms. The van der Waals surface area contributed by atoms with Crippen LogP contribution in [0.3, 0.4) is 0 Å². The van der Waals surface area contributed by atoms with Crippen molar-refractivity contribution in [3.05, 3.63) is 24.3 Å². The van der Waals surface area contributed by atoms with E-state index in [1.165, 1.54) is 45.4 Å². The summed E-state index contributed by atoms with van der Waals surface area (Å²) in [6, 6.07) is 0. The van der Waals surface area contributed by atoms with Gasteiger partial charge in [0.15, 0.2) is 0 Å². The fraction of sp³-hybridized carbons (Fsp3) is 0.739. The molecule has 1 aliphatic rings. The number of aliphatic carboxylic acids is 1. The second-order valence-corrected chi connectivity index (χ2v) is 16.0. The van der Waals surface area contributed by atoms with Crippen LogP contribution < -0.4 is 5.11 Å². The number of carbonyl (C=O) groups excluding carboxylic acids is 2. The first-order valence-electron chi connectivity index (χ1n) is 10.8. The maximum atomic E-state index is 10.7. The van der Waals surface area contributed by atoms with Crippen LogP contribution in [0.25, 0.3) is 0 Å². The average molecular weight is 517 g/mol. The fourth-order valence-corrected chi connectivity index (χ4v) is 11.6. The standard InChI is InChI=1S/C7H10O3.C4H6O2.3C4H9.Sn/c1-5(2)7(8)10-4-6-3-9-6;1-3(2)4(5)6;3*1-3-4-2;/h6H,1,3-4H2,2H3;1H2,2H3,(H,5,6);3*1,3-4H2,2H3;/q;;;;;+1/p-1. The molecule has 0 saturated carbocycles. The van der Waals surface area contributed by atoms with Crippen LogP contribution in [-0.4, -0.2) is 51.0 Å². The topological polar surface area (TPSA) is 79.0 Å². The summed E-state index contributed by atoms with van der Waals surface area (Å²) in [5.41, 5.74) is 0.496. The van der Waals surface area contributed by atoms with Gasteiger partial charge in [-0.3, -0.25) is 0 Å². The van der Waals surface area contributed by atoms with Crippen LogP contribution in [0.1, 0.15) is 73.1 Å². The number of hydrogen-bond acceptors (Lipinski definition) is 5. The molecule has 1 aliphatic heterocycles. The summed E-state index contributed by atoms with van der Waals surface area (Å²) in [6.07, 6.45) is 8.99. The van der Waals surface area contributed by atoms with Gasteiger partial charge < -0.3 is 19.4 Å². The van der Waals surface area contributed by atoms with Crippen LogP contribution in [0.2, 0.25) is 13.3 Å². The Hall–Kier alpha value is -0.821. The number of esters is 1. The Bertz CT molecular complexity index is 441. The SMILES string of the molecule is C=C(C)C(=O)OCC1CO1.C=C(C)C(=O)[O-].CCC[CH2][Sn+]([CH2]CCC)[CH2]CCC. The second kappa shape index (κ2) is 20.5. The molecule has 168 valence electrons. The number of rotatable bonds is 13. The van der Waals surface area contributed by atoms with Gasteiger partial charge in [0.1, 0.15) is 12.7 Å². The molecule has 1 unspecified atom stereocenters. The van der Waals surface area contributed by atoms with E-state index in [0.717, 1.165) is 0 Å². The van der Waals surface area contributed by atoms with Gasteiger partial charge in [-0.05, 0) is 19.4 Å². The third-order valence-corrected chi connectivity index (χ3v) is 13.2. The second-order valence-electron chi connectivity index (χ2n) is 7.46. The third-order valence-electron chi connectivity index (χ3n) is 4.15. The zero-order chi connectivity index (χ0) is 22.7. The van der Waals surface area contributed by atoms with E-state index < -0.39 is 25.7 Å². The Morgan fingerprint density at radius 3 is 1.59 bits per heavy atom. The summed E-state index contributed by atoms with van der Waals surface area (Å²) in [4.78, 5) is 20.2. The third kappa shape index (κ3) is 23.3. The first-order valence-corrected chi connectivity index (χ1v) is 16.9. The number of hydrogen-bond donors (Lipinski definition) is 0. The van der Waals surface area contributed by atoms with E-state index in [2.05, 4.69) is 33.9 Å². The van der Waals surface area contributed by atoms with Crippen molar-refractivity contribution in [2.45, 2.75) is 92.6 Å². The van der Waals surface area contributed by atoms with Crippen molar-refractivity contribution in [1.29, 1.82) is 0 Å². The fourth-order valence-electron chi connectivity index (χ4n) is 2.11. The van der Waals surface area contributed by atoms with Crippen molar-refractivity contribution in [2.75, 3.05) is 13.2 Å². The predicted molar refractivity (Wildman–Crippen MR) is 120 cm³/mol. The van der Waals surface area contributed by atoms with E-state index >= 15 is 0 Å². The number of carboxylic acid groups (broad SMARTS) is 1. The molecule has 6 heteroatoms. The number of unbranched alkanes of at least 4 members (excludes halogenated alkanes) is 3. The van der Waals surface area contributed by atoms with Crippen molar-refractivity contribution in [2.24, 2.45) is 0 Å². The monoisotopic (exact) mass is 518 g/mol. The van der Waals surface area contributed by atoms with E-state index in [9.17, 15) is 14.7 Å². The quantitative estimate of drug-likeness (QED) is 0.153. The molecule has 1 heterocycles. The molecule has 1 fully saturated rings. The van der Waals surface area contributed by atoms with Crippen molar-refractivity contribution in [3.63, 3.8) is 0 Å². The molecule has 0 aliphatic carbocycles. The molecule has 29 heavy (non-hydrogen) atoms.